The van der Waals surface area contributed by atoms with Gasteiger partial charge in [-0.2, -0.15) is 0 Å². The zero-order valence-electron chi connectivity index (χ0n) is 22.6. The molecule has 0 heterocycles. The number of nitrogens with two attached hydrogens (primary N) is 1. The van der Waals surface area contributed by atoms with E-state index < -0.39 is 53.8 Å². The minimum absolute atomic E-state index is 0.00454. The average Bonchev–Trinajstić information content (AvgIpc) is 2.81. The molecule has 0 fully saturated rings. The Balaban J connectivity index is 3.46. The molecule has 1 aromatic carbocycles. The fourth-order valence-electron chi connectivity index (χ4n) is 3.24. The Morgan fingerprint density at radius 2 is 1.36 bits per heavy atom. The molecular formula is C27H41NO8. The molecule has 0 amide bonds. The second-order valence-corrected chi connectivity index (χ2v) is 9.97. The molecule has 36 heavy (non-hydrogen) atoms. The van der Waals surface area contributed by atoms with E-state index in [0.29, 0.717) is 5.56 Å². The third-order valence-electron chi connectivity index (χ3n) is 6.49. The molecule has 9 heteroatoms. The van der Waals surface area contributed by atoms with Crippen LogP contribution in [-0.4, -0.2) is 41.1 Å². The fraction of sp³-hybridized carbons (Fsp3) is 0.630. The topological polar surface area (TPSA) is 142 Å². The number of rotatable bonds is 13. The third kappa shape index (κ3) is 8.93. The van der Waals surface area contributed by atoms with Gasteiger partial charge in [0.15, 0.2) is 11.5 Å². The van der Waals surface area contributed by atoms with Crippen molar-refractivity contribution in [2.75, 3.05) is 0 Å². The molecule has 0 aliphatic heterocycles. The Hall–Kier alpha value is -2.94. The summed E-state index contributed by atoms with van der Waals surface area (Å²) in [5.41, 5.74) is 6.45. The van der Waals surface area contributed by atoms with E-state index in [0.717, 1.165) is 0 Å². The minimum atomic E-state index is -1.32. The van der Waals surface area contributed by atoms with Gasteiger partial charge in [0, 0.05) is 12.3 Å². The summed E-state index contributed by atoms with van der Waals surface area (Å²) in [5, 5.41) is 9.60. The van der Waals surface area contributed by atoms with Gasteiger partial charge in [-0.1, -0.05) is 54.5 Å². The van der Waals surface area contributed by atoms with Crippen LogP contribution in [0.1, 0.15) is 79.7 Å². The van der Waals surface area contributed by atoms with Crippen LogP contribution < -0.4 is 15.2 Å². The molecule has 0 saturated heterocycles. The molecule has 0 spiro atoms. The van der Waals surface area contributed by atoms with E-state index in [1.165, 1.54) is 12.1 Å². The molecular weight excluding hydrogens is 466 g/mol. The number of carboxylic acids is 1. The van der Waals surface area contributed by atoms with Crippen molar-refractivity contribution in [3.8, 4) is 11.5 Å². The smallest absolute Gasteiger partial charge is 0.321 e. The molecule has 0 aliphatic rings. The van der Waals surface area contributed by atoms with Crippen molar-refractivity contribution in [1.29, 1.82) is 0 Å². The molecule has 3 N–H and O–H groups in total. The van der Waals surface area contributed by atoms with E-state index >= 15 is 0 Å². The number of hydrogen-bond acceptors (Lipinski definition) is 8. The first-order valence-corrected chi connectivity index (χ1v) is 12.4. The second-order valence-electron chi connectivity index (χ2n) is 9.97. The van der Waals surface area contributed by atoms with Gasteiger partial charge in [-0.15, -0.1) is 0 Å². The van der Waals surface area contributed by atoms with Crippen molar-refractivity contribution in [2.45, 2.75) is 86.3 Å². The van der Waals surface area contributed by atoms with Gasteiger partial charge >= 0.3 is 23.9 Å². The molecule has 202 valence electrons. The summed E-state index contributed by atoms with van der Waals surface area (Å²) in [7, 11) is 0. The van der Waals surface area contributed by atoms with Crippen molar-refractivity contribution in [2.24, 2.45) is 29.4 Å². The Morgan fingerprint density at radius 1 is 0.861 bits per heavy atom. The maximum Gasteiger partial charge on any atom is 0.321 e. The van der Waals surface area contributed by atoms with E-state index in [4.69, 9.17) is 19.9 Å². The molecule has 0 aliphatic carbocycles. The Kier molecular flexibility index (Phi) is 12.1. The van der Waals surface area contributed by atoms with Gasteiger partial charge in [0.2, 0.25) is 0 Å². The summed E-state index contributed by atoms with van der Waals surface area (Å²) < 4.78 is 16.5. The lowest BCUT2D eigenvalue weighted by atomic mass is 9.87. The van der Waals surface area contributed by atoms with Gasteiger partial charge in [0.05, 0.1) is 17.9 Å². The third-order valence-corrected chi connectivity index (χ3v) is 6.49. The summed E-state index contributed by atoms with van der Waals surface area (Å²) >= 11 is 0. The van der Waals surface area contributed by atoms with Gasteiger partial charge in [-0.05, 0) is 42.9 Å². The van der Waals surface area contributed by atoms with Crippen LogP contribution in [0.3, 0.4) is 0 Å². The Labute approximate surface area is 213 Å². The molecule has 0 aromatic heterocycles. The molecule has 0 saturated carbocycles. The van der Waals surface area contributed by atoms with Crippen LogP contribution in [0.4, 0.5) is 0 Å². The largest absolute Gasteiger partial charge is 0.480 e. The van der Waals surface area contributed by atoms with Gasteiger partial charge in [-0.25, -0.2) is 0 Å². The summed E-state index contributed by atoms with van der Waals surface area (Å²) in [6.45, 7) is 14.3. The lowest BCUT2D eigenvalue weighted by molar-refractivity contribution is -0.148. The summed E-state index contributed by atoms with van der Waals surface area (Å²) in [5.74, 6) is -4.16. The molecule has 4 unspecified atom stereocenters. The number of ether oxygens (including phenoxy) is 3. The van der Waals surface area contributed by atoms with E-state index in [-0.39, 0.29) is 36.2 Å². The number of carbonyl (C=O) groups is 4. The highest BCUT2D eigenvalue weighted by Gasteiger charge is 2.31. The highest BCUT2D eigenvalue weighted by molar-refractivity contribution is 5.79. The highest BCUT2D eigenvalue weighted by Crippen LogP contribution is 2.36. The second kappa shape index (κ2) is 14.0. The number of aliphatic carboxylic acids is 1. The van der Waals surface area contributed by atoms with Gasteiger partial charge < -0.3 is 25.1 Å². The molecule has 1 rings (SSSR count). The number of hydrogen-bond donors (Lipinski definition) is 2. The number of benzene rings is 1. The fourth-order valence-corrected chi connectivity index (χ4v) is 3.24. The first kappa shape index (κ1) is 31.1. The lowest BCUT2D eigenvalue weighted by Gasteiger charge is -2.26. The zero-order valence-corrected chi connectivity index (χ0v) is 22.6. The SMILES string of the molecule is CCC(=O)OC(C)CC(c1ccc(OC(=O)C(C)C(C)C)c(OC(=O)C(C)C(C)C)c1)[C@H](N)C(=O)O. The van der Waals surface area contributed by atoms with Gasteiger partial charge in [0.25, 0.3) is 0 Å². The van der Waals surface area contributed by atoms with Crippen LogP contribution in [0.5, 0.6) is 11.5 Å². The zero-order chi connectivity index (χ0) is 27.7. The number of esters is 3. The molecule has 9 nitrogen and oxygen atoms in total. The van der Waals surface area contributed by atoms with E-state index in [9.17, 15) is 24.3 Å². The van der Waals surface area contributed by atoms with Crippen LogP contribution in [0.15, 0.2) is 18.2 Å². The van der Waals surface area contributed by atoms with E-state index in [1.807, 2.05) is 27.7 Å². The van der Waals surface area contributed by atoms with Crippen molar-refractivity contribution in [1.82, 2.24) is 0 Å². The standard InChI is InChI=1S/C27H41NO8/c1-9-23(29)34-16(6)12-20(24(28)25(30)31)19-10-11-21(35-26(32)17(7)14(2)3)22(13-19)36-27(33)18(8)15(4)5/h10-11,13-18,20,24H,9,12,28H2,1-8H3,(H,30,31)/t16?,17?,18?,20?,24-/m0/s1. The summed E-state index contributed by atoms with van der Waals surface area (Å²) in [6.07, 6.45) is -0.300. The van der Waals surface area contributed by atoms with Crippen LogP contribution in [0, 0.1) is 23.7 Å². The monoisotopic (exact) mass is 507 g/mol. The van der Waals surface area contributed by atoms with E-state index in [1.54, 1.807) is 33.8 Å². The maximum atomic E-state index is 12.8. The van der Waals surface area contributed by atoms with Crippen molar-refractivity contribution in [3.05, 3.63) is 23.8 Å². The maximum absolute atomic E-state index is 12.8. The van der Waals surface area contributed by atoms with Crippen molar-refractivity contribution in [3.63, 3.8) is 0 Å². The lowest BCUT2D eigenvalue weighted by Crippen LogP contribution is -2.38. The Morgan fingerprint density at radius 3 is 1.81 bits per heavy atom. The first-order valence-electron chi connectivity index (χ1n) is 12.4. The highest BCUT2D eigenvalue weighted by atomic mass is 16.6. The quantitative estimate of drug-likeness (QED) is 0.295. The van der Waals surface area contributed by atoms with Crippen LogP contribution in [0.2, 0.25) is 0 Å². The predicted octanol–water partition coefficient (Wildman–Crippen LogP) is 4.31. The number of carboxylic acid groups (broad SMARTS) is 1. The average molecular weight is 508 g/mol. The molecule has 1 aromatic rings. The van der Waals surface area contributed by atoms with Gasteiger partial charge in [-0.3, -0.25) is 19.2 Å². The van der Waals surface area contributed by atoms with Gasteiger partial charge in [0.1, 0.15) is 6.04 Å². The van der Waals surface area contributed by atoms with Crippen LogP contribution >= 0.6 is 0 Å². The predicted molar refractivity (Wildman–Crippen MR) is 135 cm³/mol. The molecule has 0 radical (unpaired) electrons. The van der Waals surface area contributed by atoms with Crippen LogP contribution in [0.25, 0.3) is 0 Å². The van der Waals surface area contributed by atoms with Crippen LogP contribution in [-0.2, 0) is 23.9 Å². The van der Waals surface area contributed by atoms with Crippen molar-refractivity contribution >= 4 is 23.9 Å². The minimum Gasteiger partial charge on any atom is -0.480 e. The molecule has 5 atom stereocenters. The summed E-state index contributed by atoms with van der Waals surface area (Å²) in [4.78, 5) is 48.8. The first-order chi connectivity index (χ1) is 16.7. The normalized spacial score (nSPS) is 15.5. The Bertz CT molecular complexity index is 926. The van der Waals surface area contributed by atoms with E-state index in [2.05, 4.69) is 0 Å². The molecule has 0 bridgehead atoms. The summed E-state index contributed by atoms with van der Waals surface area (Å²) in [6, 6.07) is 3.19. The van der Waals surface area contributed by atoms with Crippen molar-refractivity contribution < 1.29 is 38.5 Å². The number of carbonyl (C=O) groups excluding carboxylic acids is 3.